The number of nitrogens with two attached hydrogens (primary N) is 1. The molecule has 154 valence electrons. The smallest absolute Gasteiger partial charge is 0.203 e. The number of nitrogens with zero attached hydrogens (tertiary/aromatic N) is 4. The zero-order valence-corrected chi connectivity index (χ0v) is 16.2. The molecule has 0 saturated carbocycles. The Morgan fingerprint density at radius 1 is 1.10 bits per heavy atom. The van der Waals surface area contributed by atoms with Gasteiger partial charge < -0.3 is 14.7 Å². The molecular formula is C22H15F2N5O2. The maximum absolute atomic E-state index is 14.5. The van der Waals surface area contributed by atoms with Crippen molar-refractivity contribution in [2.45, 2.75) is 13.0 Å². The number of nitrogen functional groups attached to an aromatic ring is 1. The van der Waals surface area contributed by atoms with Crippen LogP contribution in [0.1, 0.15) is 18.7 Å². The van der Waals surface area contributed by atoms with Gasteiger partial charge in [0.2, 0.25) is 5.43 Å². The molecule has 0 bridgehead atoms. The average Bonchev–Trinajstić information content (AvgIpc) is 3.18. The molecule has 7 nitrogen and oxygen atoms in total. The zero-order chi connectivity index (χ0) is 21.7. The summed E-state index contributed by atoms with van der Waals surface area (Å²) < 4.78 is 36.2. The minimum Gasteiger partial charge on any atom is -0.458 e. The molecular weight excluding hydrogens is 404 g/mol. The summed E-state index contributed by atoms with van der Waals surface area (Å²) in [5.74, 6) is -0.817. The number of benzene rings is 2. The molecule has 1 unspecified atom stereocenters. The summed E-state index contributed by atoms with van der Waals surface area (Å²) in [6.07, 6.45) is 2.81. The molecule has 0 fully saturated rings. The number of anilines is 1. The van der Waals surface area contributed by atoms with Gasteiger partial charge in [-0.15, -0.1) is 0 Å². The van der Waals surface area contributed by atoms with Crippen molar-refractivity contribution in [3.63, 3.8) is 0 Å². The largest absolute Gasteiger partial charge is 0.458 e. The van der Waals surface area contributed by atoms with Crippen LogP contribution in [0.15, 0.2) is 64.3 Å². The fourth-order valence-corrected chi connectivity index (χ4v) is 3.71. The first-order valence-corrected chi connectivity index (χ1v) is 9.40. The van der Waals surface area contributed by atoms with Crippen LogP contribution in [0.4, 0.5) is 14.6 Å². The van der Waals surface area contributed by atoms with Gasteiger partial charge in [0.15, 0.2) is 11.5 Å². The first-order valence-electron chi connectivity index (χ1n) is 9.40. The quantitative estimate of drug-likeness (QED) is 0.473. The summed E-state index contributed by atoms with van der Waals surface area (Å²) in [6.45, 7) is 1.77. The van der Waals surface area contributed by atoms with Gasteiger partial charge >= 0.3 is 0 Å². The fourth-order valence-electron chi connectivity index (χ4n) is 3.71. The molecule has 3 heterocycles. The first-order chi connectivity index (χ1) is 15.0. The highest BCUT2D eigenvalue weighted by molar-refractivity contribution is 5.84. The molecule has 0 aliphatic heterocycles. The Labute approximate surface area is 173 Å². The summed E-state index contributed by atoms with van der Waals surface area (Å²) in [7, 11) is 0. The van der Waals surface area contributed by atoms with Crippen molar-refractivity contribution in [3.05, 3.63) is 82.7 Å². The molecule has 3 aromatic heterocycles. The van der Waals surface area contributed by atoms with E-state index in [1.54, 1.807) is 17.6 Å². The predicted octanol–water partition coefficient (Wildman–Crippen LogP) is 4.07. The highest BCUT2D eigenvalue weighted by Crippen LogP contribution is 2.33. The van der Waals surface area contributed by atoms with Crippen LogP contribution in [0.5, 0.6) is 0 Å². The molecule has 0 aliphatic carbocycles. The van der Waals surface area contributed by atoms with Crippen molar-refractivity contribution in [2.24, 2.45) is 0 Å². The molecule has 0 amide bonds. The molecule has 0 aliphatic rings. The van der Waals surface area contributed by atoms with Gasteiger partial charge in [0.25, 0.3) is 0 Å². The second-order valence-electron chi connectivity index (χ2n) is 7.05. The number of hydrogen-bond donors (Lipinski definition) is 1. The summed E-state index contributed by atoms with van der Waals surface area (Å²) >= 11 is 0. The van der Waals surface area contributed by atoms with E-state index in [-0.39, 0.29) is 33.7 Å². The summed E-state index contributed by atoms with van der Waals surface area (Å²) in [5, 5.41) is -0.195. The van der Waals surface area contributed by atoms with E-state index in [1.165, 1.54) is 49.1 Å². The van der Waals surface area contributed by atoms with Crippen LogP contribution in [-0.4, -0.2) is 19.5 Å². The van der Waals surface area contributed by atoms with Crippen molar-refractivity contribution < 1.29 is 13.2 Å². The van der Waals surface area contributed by atoms with E-state index < -0.39 is 23.1 Å². The van der Waals surface area contributed by atoms with Crippen LogP contribution in [0.3, 0.4) is 0 Å². The number of rotatable bonds is 3. The molecule has 9 heteroatoms. The standard InChI is InChI=1S/C22H15F2N5O2/c1-11(29-10-28-18-21(25)26-9-27-22(18)29)20-16(12-4-2-5-13(23)8-12)19(30)17-14(24)6-3-7-15(17)31-20/h2-11H,1H3,(H2,25,26,27). The van der Waals surface area contributed by atoms with Gasteiger partial charge in [0, 0.05) is 0 Å². The lowest BCUT2D eigenvalue weighted by Crippen LogP contribution is -2.16. The Morgan fingerprint density at radius 2 is 1.90 bits per heavy atom. The zero-order valence-electron chi connectivity index (χ0n) is 16.2. The average molecular weight is 419 g/mol. The van der Waals surface area contributed by atoms with E-state index in [0.29, 0.717) is 11.2 Å². The molecule has 5 aromatic rings. The lowest BCUT2D eigenvalue weighted by atomic mass is 9.99. The van der Waals surface area contributed by atoms with Gasteiger partial charge in [0.05, 0.1) is 17.9 Å². The summed E-state index contributed by atoms with van der Waals surface area (Å²) in [6, 6.07) is 9.07. The van der Waals surface area contributed by atoms with Gasteiger partial charge in [0.1, 0.15) is 40.2 Å². The molecule has 0 saturated heterocycles. The third-order valence-corrected chi connectivity index (χ3v) is 5.19. The topological polar surface area (TPSA) is 99.8 Å². The van der Waals surface area contributed by atoms with Crippen molar-refractivity contribution in [1.82, 2.24) is 19.5 Å². The van der Waals surface area contributed by atoms with Crippen LogP contribution in [0.25, 0.3) is 33.3 Å². The van der Waals surface area contributed by atoms with Gasteiger partial charge in [-0.3, -0.25) is 4.79 Å². The van der Waals surface area contributed by atoms with E-state index in [4.69, 9.17) is 10.2 Å². The van der Waals surface area contributed by atoms with Crippen molar-refractivity contribution in [3.8, 4) is 11.1 Å². The Morgan fingerprint density at radius 3 is 2.71 bits per heavy atom. The normalized spacial score (nSPS) is 12.5. The maximum atomic E-state index is 14.5. The number of halogens is 2. The first kappa shape index (κ1) is 18.9. The summed E-state index contributed by atoms with van der Waals surface area (Å²) in [4.78, 5) is 25.8. The lowest BCUT2D eigenvalue weighted by molar-refractivity contribution is 0.466. The molecule has 1 atom stereocenters. The van der Waals surface area contributed by atoms with E-state index in [0.717, 1.165) is 0 Å². The number of imidazole rings is 1. The monoisotopic (exact) mass is 419 g/mol. The van der Waals surface area contributed by atoms with Gasteiger partial charge in [-0.25, -0.2) is 23.7 Å². The third kappa shape index (κ3) is 2.93. The van der Waals surface area contributed by atoms with Crippen LogP contribution in [-0.2, 0) is 0 Å². The second kappa shape index (κ2) is 6.98. The van der Waals surface area contributed by atoms with Gasteiger partial charge in [-0.2, -0.15) is 0 Å². The molecule has 0 radical (unpaired) electrons. The van der Waals surface area contributed by atoms with E-state index in [1.807, 2.05) is 0 Å². The second-order valence-corrected chi connectivity index (χ2v) is 7.05. The highest BCUT2D eigenvalue weighted by Gasteiger charge is 2.25. The Hall–Kier alpha value is -4.14. The summed E-state index contributed by atoms with van der Waals surface area (Å²) in [5.41, 5.74) is 6.55. The minimum atomic E-state index is -0.711. The fraction of sp³-hybridized carbons (Fsp3) is 0.0909. The number of aromatic nitrogens is 4. The van der Waals surface area contributed by atoms with E-state index in [2.05, 4.69) is 15.0 Å². The number of hydrogen-bond acceptors (Lipinski definition) is 6. The van der Waals surface area contributed by atoms with Crippen LogP contribution >= 0.6 is 0 Å². The number of fused-ring (bicyclic) bond motifs is 2. The van der Waals surface area contributed by atoms with Crippen LogP contribution in [0, 0.1) is 11.6 Å². The van der Waals surface area contributed by atoms with E-state index >= 15 is 0 Å². The predicted molar refractivity (Wildman–Crippen MR) is 111 cm³/mol. The van der Waals surface area contributed by atoms with Crippen molar-refractivity contribution in [1.29, 1.82) is 0 Å². The molecule has 0 spiro atoms. The Bertz CT molecular complexity index is 1530. The molecule has 2 N–H and O–H groups in total. The maximum Gasteiger partial charge on any atom is 0.203 e. The molecule has 2 aromatic carbocycles. The van der Waals surface area contributed by atoms with Crippen molar-refractivity contribution in [2.75, 3.05) is 5.73 Å². The van der Waals surface area contributed by atoms with Crippen LogP contribution in [0.2, 0.25) is 0 Å². The Balaban J connectivity index is 1.84. The molecule has 5 rings (SSSR count). The SMILES string of the molecule is CC(c1oc2cccc(F)c2c(=O)c1-c1cccc(F)c1)n1cnc2c(N)ncnc21. The minimum absolute atomic E-state index is 0.0634. The third-order valence-electron chi connectivity index (χ3n) is 5.19. The van der Waals surface area contributed by atoms with Crippen LogP contribution < -0.4 is 11.2 Å². The van der Waals surface area contributed by atoms with E-state index in [9.17, 15) is 13.6 Å². The Kier molecular flexibility index (Phi) is 4.25. The van der Waals surface area contributed by atoms with Crippen molar-refractivity contribution >= 4 is 28.0 Å². The lowest BCUT2D eigenvalue weighted by Gasteiger charge is -2.18. The molecule has 31 heavy (non-hydrogen) atoms. The van der Waals surface area contributed by atoms with Gasteiger partial charge in [-0.1, -0.05) is 18.2 Å². The highest BCUT2D eigenvalue weighted by atomic mass is 19.1. The van der Waals surface area contributed by atoms with Gasteiger partial charge in [-0.05, 0) is 36.8 Å².